The molecule has 0 saturated heterocycles. The molecule has 0 heterocycles. The van der Waals surface area contributed by atoms with Crippen LogP contribution in [0.3, 0.4) is 0 Å². The molecule has 5 nitrogen and oxygen atoms in total. The lowest BCUT2D eigenvalue weighted by molar-refractivity contribution is 0.0380. The predicted octanol–water partition coefficient (Wildman–Crippen LogP) is 0.571. The Bertz CT molecular complexity index is 179. The van der Waals surface area contributed by atoms with E-state index in [1.54, 1.807) is 0 Å². The van der Waals surface area contributed by atoms with Crippen LogP contribution in [0, 0.1) is 0 Å². The minimum atomic E-state index is -0.575. The van der Waals surface area contributed by atoms with Crippen LogP contribution in [-0.2, 0) is 0 Å². The molecule has 1 saturated carbocycles. The fraction of sp³-hybridized carbons (Fsp3) is 1.00. The standard InChI is InChI=1S/C6H11N3O2/c7-9-8-5-3-4(10)1-2-6(5)11/h4-6,10-11H,1-3H2. The Morgan fingerprint density at radius 3 is 2.73 bits per heavy atom. The lowest BCUT2D eigenvalue weighted by Crippen LogP contribution is -2.34. The summed E-state index contributed by atoms with van der Waals surface area (Å²) in [7, 11) is 0. The second-order valence-electron chi connectivity index (χ2n) is 2.81. The Morgan fingerprint density at radius 1 is 1.36 bits per heavy atom. The van der Waals surface area contributed by atoms with Crippen molar-refractivity contribution < 1.29 is 10.2 Å². The number of aliphatic hydroxyl groups excluding tert-OH is 2. The van der Waals surface area contributed by atoms with Crippen LogP contribution in [0.5, 0.6) is 0 Å². The molecule has 3 unspecified atom stereocenters. The molecule has 62 valence electrons. The van der Waals surface area contributed by atoms with Gasteiger partial charge in [0.15, 0.2) is 0 Å². The fourth-order valence-electron chi connectivity index (χ4n) is 1.30. The van der Waals surface area contributed by atoms with Crippen LogP contribution >= 0.6 is 0 Å². The van der Waals surface area contributed by atoms with Crippen LogP contribution in [0.4, 0.5) is 0 Å². The van der Waals surface area contributed by atoms with Crippen LogP contribution in [0.15, 0.2) is 5.11 Å². The number of aliphatic hydroxyl groups is 2. The zero-order valence-corrected chi connectivity index (χ0v) is 6.09. The molecule has 0 aromatic carbocycles. The van der Waals surface area contributed by atoms with E-state index in [2.05, 4.69) is 10.0 Å². The van der Waals surface area contributed by atoms with Crippen LogP contribution in [0.1, 0.15) is 19.3 Å². The van der Waals surface area contributed by atoms with Crippen LogP contribution in [0.25, 0.3) is 10.4 Å². The first-order valence-electron chi connectivity index (χ1n) is 3.64. The van der Waals surface area contributed by atoms with Gasteiger partial charge in [-0.15, -0.1) is 0 Å². The van der Waals surface area contributed by atoms with Gasteiger partial charge in [-0.2, -0.15) is 0 Å². The molecular formula is C6H11N3O2. The molecule has 1 aliphatic carbocycles. The van der Waals surface area contributed by atoms with Gasteiger partial charge in [0.2, 0.25) is 0 Å². The first-order chi connectivity index (χ1) is 5.24. The van der Waals surface area contributed by atoms with Crippen molar-refractivity contribution in [2.24, 2.45) is 5.11 Å². The molecule has 2 N–H and O–H groups in total. The molecule has 5 heteroatoms. The molecule has 0 spiro atoms. The van der Waals surface area contributed by atoms with Gasteiger partial charge in [0.25, 0.3) is 0 Å². The maximum atomic E-state index is 9.24. The SMILES string of the molecule is [N-]=[N+]=NC1CC(O)CCC1O. The van der Waals surface area contributed by atoms with Gasteiger partial charge in [0.1, 0.15) is 0 Å². The predicted molar refractivity (Wildman–Crippen MR) is 38.8 cm³/mol. The Balaban J connectivity index is 2.53. The highest BCUT2D eigenvalue weighted by atomic mass is 16.3. The van der Waals surface area contributed by atoms with E-state index in [1.165, 1.54) is 0 Å². The quantitative estimate of drug-likeness (QED) is 0.331. The van der Waals surface area contributed by atoms with Gasteiger partial charge in [0.05, 0.1) is 18.2 Å². The van der Waals surface area contributed by atoms with Gasteiger partial charge in [-0.25, -0.2) is 0 Å². The number of hydrogen-bond donors (Lipinski definition) is 2. The van der Waals surface area contributed by atoms with E-state index in [0.29, 0.717) is 19.3 Å². The summed E-state index contributed by atoms with van der Waals surface area (Å²) < 4.78 is 0. The van der Waals surface area contributed by atoms with Crippen molar-refractivity contribution in [3.8, 4) is 0 Å². The molecule has 3 atom stereocenters. The van der Waals surface area contributed by atoms with Gasteiger partial charge >= 0.3 is 0 Å². The Hall–Kier alpha value is -0.770. The van der Waals surface area contributed by atoms with Crippen molar-refractivity contribution in [1.29, 1.82) is 0 Å². The summed E-state index contributed by atoms with van der Waals surface area (Å²) in [4.78, 5) is 2.60. The maximum Gasteiger partial charge on any atom is 0.0658 e. The summed E-state index contributed by atoms with van der Waals surface area (Å²) in [6, 6.07) is -0.441. The average molecular weight is 157 g/mol. The zero-order chi connectivity index (χ0) is 8.27. The van der Waals surface area contributed by atoms with E-state index in [4.69, 9.17) is 10.6 Å². The molecule has 1 rings (SSSR count). The second-order valence-corrected chi connectivity index (χ2v) is 2.81. The summed E-state index contributed by atoms with van der Waals surface area (Å²) in [6.45, 7) is 0. The molecule has 0 aliphatic heterocycles. The van der Waals surface area contributed by atoms with Crippen molar-refractivity contribution in [1.82, 2.24) is 0 Å². The van der Waals surface area contributed by atoms with Crippen LogP contribution in [-0.4, -0.2) is 28.5 Å². The third kappa shape index (κ3) is 2.08. The Morgan fingerprint density at radius 2 is 2.09 bits per heavy atom. The molecular weight excluding hydrogens is 146 g/mol. The van der Waals surface area contributed by atoms with E-state index in [-0.39, 0.29) is 0 Å². The third-order valence-electron chi connectivity index (χ3n) is 1.95. The van der Waals surface area contributed by atoms with Gasteiger partial charge in [-0.1, -0.05) is 5.11 Å². The lowest BCUT2D eigenvalue weighted by Gasteiger charge is -2.27. The molecule has 1 aliphatic rings. The lowest BCUT2D eigenvalue weighted by atomic mass is 9.91. The summed E-state index contributed by atoms with van der Waals surface area (Å²) in [5, 5.41) is 21.8. The van der Waals surface area contributed by atoms with E-state index in [0.717, 1.165) is 0 Å². The van der Waals surface area contributed by atoms with Crippen molar-refractivity contribution in [2.75, 3.05) is 0 Å². The van der Waals surface area contributed by atoms with Gasteiger partial charge in [-0.05, 0) is 24.8 Å². The molecule has 0 aromatic rings. The Labute approximate surface area is 64.3 Å². The smallest absolute Gasteiger partial charge is 0.0658 e. The highest BCUT2D eigenvalue weighted by molar-refractivity contribution is 4.84. The van der Waals surface area contributed by atoms with E-state index >= 15 is 0 Å². The molecule has 0 radical (unpaired) electrons. The van der Waals surface area contributed by atoms with Crippen molar-refractivity contribution >= 4 is 0 Å². The largest absolute Gasteiger partial charge is 0.393 e. The van der Waals surface area contributed by atoms with Gasteiger partial charge in [0, 0.05) is 4.91 Å². The minimum absolute atomic E-state index is 0.380. The second kappa shape index (κ2) is 3.57. The number of nitrogens with zero attached hydrogens (tertiary/aromatic N) is 3. The molecule has 1 fully saturated rings. The number of rotatable bonds is 1. The average Bonchev–Trinajstić information content (AvgIpc) is 1.98. The van der Waals surface area contributed by atoms with Crippen LogP contribution in [0.2, 0.25) is 0 Å². The highest BCUT2D eigenvalue weighted by Crippen LogP contribution is 2.21. The molecule has 11 heavy (non-hydrogen) atoms. The molecule has 0 bridgehead atoms. The van der Waals surface area contributed by atoms with Crippen molar-refractivity contribution in [3.63, 3.8) is 0 Å². The van der Waals surface area contributed by atoms with Crippen molar-refractivity contribution in [2.45, 2.75) is 37.5 Å². The van der Waals surface area contributed by atoms with Gasteiger partial charge < -0.3 is 10.2 Å². The van der Waals surface area contributed by atoms with E-state index in [9.17, 15) is 5.11 Å². The summed E-state index contributed by atoms with van der Waals surface area (Å²) in [5.41, 5.74) is 8.09. The number of azide groups is 1. The van der Waals surface area contributed by atoms with Crippen LogP contribution < -0.4 is 0 Å². The normalized spacial score (nSPS) is 37.8. The third-order valence-corrected chi connectivity index (χ3v) is 1.95. The van der Waals surface area contributed by atoms with E-state index in [1.807, 2.05) is 0 Å². The summed E-state index contributed by atoms with van der Waals surface area (Å²) >= 11 is 0. The van der Waals surface area contributed by atoms with E-state index < -0.39 is 18.2 Å². The minimum Gasteiger partial charge on any atom is -0.393 e. The monoisotopic (exact) mass is 157 g/mol. The molecule has 0 aromatic heterocycles. The summed E-state index contributed by atoms with van der Waals surface area (Å²) in [6.07, 6.45) is 0.498. The highest BCUT2D eigenvalue weighted by Gasteiger charge is 2.26. The topological polar surface area (TPSA) is 89.2 Å². The zero-order valence-electron chi connectivity index (χ0n) is 6.09. The van der Waals surface area contributed by atoms with Crippen molar-refractivity contribution in [3.05, 3.63) is 10.4 Å². The summed E-state index contributed by atoms with van der Waals surface area (Å²) in [5.74, 6) is 0. The first kappa shape index (κ1) is 8.33. The first-order valence-corrected chi connectivity index (χ1v) is 3.64. The fourth-order valence-corrected chi connectivity index (χ4v) is 1.30. The Kier molecular flexibility index (Phi) is 2.70. The number of hydrogen-bond acceptors (Lipinski definition) is 3. The van der Waals surface area contributed by atoms with Gasteiger partial charge in [-0.3, -0.25) is 0 Å². The maximum absolute atomic E-state index is 9.24. The molecule has 0 amide bonds.